The average molecular weight is 328 g/mol. The van der Waals surface area contributed by atoms with Crippen LogP contribution in [0.2, 0.25) is 0 Å². The molecule has 4 heteroatoms. The summed E-state index contributed by atoms with van der Waals surface area (Å²) in [6.45, 7) is 0.730. The molecule has 2 aromatic carbocycles. The first kappa shape index (κ1) is 12.9. The van der Waals surface area contributed by atoms with E-state index >= 15 is 0 Å². The number of hydrogen-bond acceptors (Lipinski definition) is 2. The summed E-state index contributed by atoms with van der Waals surface area (Å²) in [7, 11) is 0. The van der Waals surface area contributed by atoms with Crippen molar-refractivity contribution < 1.29 is 0 Å². The Labute approximate surface area is 126 Å². The van der Waals surface area contributed by atoms with Crippen LogP contribution >= 0.6 is 15.9 Å². The molecular weight excluding hydrogens is 314 g/mol. The van der Waals surface area contributed by atoms with Gasteiger partial charge in [0.25, 0.3) is 0 Å². The zero-order chi connectivity index (χ0) is 13.9. The van der Waals surface area contributed by atoms with Gasteiger partial charge in [-0.05, 0) is 17.7 Å². The summed E-state index contributed by atoms with van der Waals surface area (Å²) in [6, 6.07) is 16.0. The Morgan fingerprint density at radius 3 is 2.60 bits per heavy atom. The van der Waals surface area contributed by atoms with Gasteiger partial charge in [-0.1, -0.05) is 52.3 Å². The molecule has 1 aromatic heterocycles. The largest absolute Gasteiger partial charge is 0.398 e. The zero-order valence-corrected chi connectivity index (χ0v) is 12.4. The third-order valence-electron chi connectivity index (χ3n) is 3.20. The molecular formula is C16H14BrN3. The van der Waals surface area contributed by atoms with Gasteiger partial charge in [0.05, 0.1) is 12.7 Å². The maximum absolute atomic E-state index is 5.99. The van der Waals surface area contributed by atoms with Gasteiger partial charge in [0.15, 0.2) is 0 Å². The monoisotopic (exact) mass is 327 g/mol. The number of hydrogen-bond donors (Lipinski definition) is 1. The summed E-state index contributed by atoms with van der Waals surface area (Å²) in [5.74, 6) is 0. The number of nitrogen functional groups attached to an aromatic ring is 1. The molecule has 0 fully saturated rings. The summed E-state index contributed by atoms with van der Waals surface area (Å²) in [5, 5.41) is 4.41. The number of anilines is 1. The lowest BCUT2D eigenvalue weighted by Crippen LogP contribution is -2.00. The van der Waals surface area contributed by atoms with Crippen molar-refractivity contribution in [2.24, 2.45) is 0 Å². The number of nitrogens with zero attached hydrogens (tertiary/aromatic N) is 2. The third-order valence-corrected chi connectivity index (χ3v) is 3.97. The second kappa shape index (κ2) is 5.51. The number of para-hydroxylation sites is 1. The second-order valence-corrected chi connectivity index (χ2v) is 5.46. The Morgan fingerprint density at radius 1 is 1.05 bits per heavy atom. The lowest BCUT2D eigenvalue weighted by atomic mass is 10.1. The molecule has 0 spiro atoms. The maximum Gasteiger partial charge on any atom is 0.0670 e. The van der Waals surface area contributed by atoms with Crippen molar-refractivity contribution in [2.45, 2.75) is 6.54 Å². The fourth-order valence-electron chi connectivity index (χ4n) is 2.15. The van der Waals surface area contributed by atoms with Crippen LogP contribution in [0, 0.1) is 0 Å². The number of halogens is 1. The minimum Gasteiger partial charge on any atom is -0.398 e. The third kappa shape index (κ3) is 2.60. The van der Waals surface area contributed by atoms with Gasteiger partial charge in [-0.25, -0.2) is 0 Å². The van der Waals surface area contributed by atoms with E-state index in [1.165, 1.54) is 5.56 Å². The van der Waals surface area contributed by atoms with Crippen LogP contribution in [0.25, 0.3) is 11.1 Å². The van der Waals surface area contributed by atoms with E-state index in [0.717, 1.165) is 27.8 Å². The van der Waals surface area contributed by atoms with Crippen LogP contribution in [0.5, 0.6) is 0 Å². The Bertz CT molecular complexity index is 734. The number of benzene rings is 2. The molecule has 0 atom stereocenters. The molecule has 0 saturated carbocycles. The number of aromatic nitrogens is 2. The lowest BCUT2D eigenvalue weighted by Gasteiger charge is -2.04. The first-order chi connectivity index (χ1) is 9.74. The van der Waals surface area contributed by atoms with Crippen molar-refractivity contribution in [3.05, 3.63) is 71.0 Å². The molecule has 3 rings (SSSR count). The van der Waals surface area contributed by atoms with Gasteiger partial charge in [-0.2, -0.15) is 5.10 Å². The van der Waals surface area contributed by atoms with Crippen LogP contribution < -0.4 is 5.73 Å². The highest BCUT2D eigenvalue weighted by atomic mass is 79.9. The zero-order valence-electron chi connectivity index (χ0n) is 10.8. The predicted octanol–water partition coefficient (Wildman–Crippen LogP) is 3.94. The molecule has 2 N–H and O–H groups in total. The first-order valence-corrected chi connectivity index (χ1v) is 7.14. The Kier molecular flexibility index (Phi) is 3.56. The molecule has 0 radical (unpaired) electrons. The quantitative estimate of drug-likeness (QED) is 0.740. The van der Waals surface area contributed by atoms with E-state index in [4.69, 9.17) is 5.73 Å². The van der Waals surface area contributed by atoms with E-state index in [-0.39, 0.29) is 0 Å². The van der Waals surface area contributed by atoms with Gasteiger partial charge in [0.1, 0.15) is 0 Å². The summed E-state index contributed by atoms with van der Waals surface area (Å²) in [6.07, 6.45) is 3.87. The van der Waals surface area contributed by atoms with E-state index < -0.39 is 0 Å². The first-order valence-electron chi connectivity index (χ1n) is 6.35. The molecule has 0 unspecified atom stereocenters. The van der Waals surface area contributed by atoms with Crippen LogP contribution in [0.15, 0.2) is 65.4 Å². The van der Waals surface area contributed by atoms with Crippen molar-refractivity contribution in [1.82, 2.24) is 9.78 Å². The minimum absolute atomic E-state index is 0.730. The van der Waals surface area contributed by atoms with Gasteiger partial charge in [0, 0.05) is 27.5 Å². The maximum atomic E-state index is 5.99. The van der Waals surface area contributed by atoms with E-state index in [9.17, 15) is 0 Å². The van der Waals surface area contributed by atoms with Gasteiger partial charge >= 0.3 is 0 Å². The van der Waals surface area contributed by atoms with Gasteiger partial charge in [-0.3, -0.25) is 4.68 Å². The van der Waals surface area contributed by atoms with Crippen LogP contribution in [-0.2, 0) is 6.54 Å². The number of nitrogens with two attached hydrogens (primary N) is 1. The van der Waals surface area contributed by atoms with E-state index in [0.29, 0.717) is 0 Å². The molecule has 0 amide bonds. The van der Waals surface area contributed by atoms with Crippen molar-refractivity contribution in [2.75, 3.05) is 5.73 Å². The second-order valence-electron chi connectivity index (χ2n) is 4.61. The van der Waals surface area contributed by atoms with Crippen LogP contribution in [0.3, 0.4) is 0 Å². The molecule has 100 valence electrons. The van der Waals surface area contributed by atoms with Gasteiger partial charge in [-0.15, -0.1) is 0 Å². The smallest absolute Gasteiger partial charge is 0.0670 e. The molecule has 0 bridgehead atoms. The standard InChI is InChI=1S/C16H14BrN3/c17-15-7-3-1-5-12(15)10-20-11-13(9-19-20)14-6-2-4-8-16(14)18/h1-9,11H,10,18H2. The Balaban J connectivity index is 1.88. The molecule has 0 aliphatic heterocycles. The fraction of sp³-hybridized carbons (Fsp3) is 0.0625. The fourth-order valence-corrected chi connectivity index (χ4v) is 2.56. The molecule has 0 aliphatic carbocycles. The van der Waals surface area contributed by atoms with Crippen LogP contribution in [0.1, 0.15) is 5.56 Å². The molecule has 3 aromatic rings. The van der Waals surface area contributed by atoms with E-state index in [2.05, 4.69) is 27.1 Å². The van der Waals surface area contributed by atoms with Gasteiger partial charge < -0.3 is 5.73 Å². The van der Waals surface area contributed by atoms with Crippen molar-refractivity contribution in [3.8, 4) is 11.1 Å². The SMILES string of the molecule is Nc1ccccc1-c1cnn(Cc2ccccc2Br)c1. The highest BCUT2D eigenvalue weighted by Gasteiger charge is 2.06. The Hall–Kier alpha value is -2.07. The summed E-state index contributed by atoms with van der Waals surface area (Å²) in [5.41, 5.74) is 10.0. The molecule has 20 heavy (non-hydrogen) atoms. The molecule has 0 aliphatic rings. The average Bonchev–Trinajstić information content (AvgIpc) is 2.90. The Morgan fingerprint density at radius 2 is 1.80 bits per heavy atom. The van der Waals surface area contributed by atoms with E-state index in [1.54, 1.807) is 0 Å². The normalized spacial score (nSPS) is 10.7. The molecule has 3 nitrogen and oxygen atoms in total. The summed E-state index contributed by atoms with van der Waals surface area (Å²) in [4.78, 5) is 0. The molecule has 0 saturated heterocycles. The van der Waals surface area contributed by atoms with Crippen molar-refractivity contribution >= 4 is 21.6 Å². The minimum atomic E-state index is 0.730. The van der Waals surface area contributed by atoms with Crippen LogP contribution in [-0.4, -0.2) is 9.78 Å². The van der Waals surface area contributed by atoms with Crippen molar-refractivity contribution in [1.29, 1.82) is 0 Å². The summed E-state index contributed by atoms with van der Waals surface area (Å²) < 4.78 is 3.01. The highest BCUT2D eigenvalue weighted by Crippen LogP contribution is 2.25. The van der Waals surface area contributed by atoms with Gasteiger partial charge in [0.2, 0.25) is 0 Å². The predicted molar refractivity (Wildman–Crippen MR) is 85.3 cm³/mol. The molecule has 1 heterocycles. The van der Waals surface area contributed by atoms with Crippen LogP contribution in [0.4, 0.5) is 5.69 Å². The van der Waals surface area contributed by atoms with E-state index in [1.807, 2.05) is 59.5 Å². The summed E-state index contributed by atoms with van der Waals surface area (Å²) >= 11 is 3.56. The van der Waals surface area contributed by atoms with Crippen molar-refractivity contribution in [3.63, 3.8) is 0 Å². The highest BCUT2D eigenvalue weighted by molar-refractivity contribution is 9.10. The topological polar surface area (TPSA) is 43.8 Å². The number of rotatable bonds is 3. The lowest BCUT2D eigenvalue weighted by molar-refractivity contribution is 0.685.